The number of benzene rings is 1. The standard InChI is InChI=1S/C19H19N5O2S/c1-2-23-18(16-9-6-12-26-16)20-21-19(23)27-13-17(25)24-11-10-15(22-24)14-7-4-3-5-8-14/h3-9,12H,2,10-11,13H2,1H3. The molecular formula is C19H19N5O2S. The lowest BCUT2D eigenvalue weighted by Gasteiger charge is -2.11. The predicted molar refractivity (Wildman–Crippen MR) is 103 cm³/mol. The van der Waals surface area contributed by atoms with Crippen LogP contribution in [0.5, 0.6) is 0 Å². The second-order valence-corrected chi connectivity index (χ2v) is 6.94. The number of hydrogen-bond acceptors (Lipinski definition) is 6. The van der Waals surface area contributed by atoms with Crippen LogP contribution in [0.25, 0.3) is 11.6 Å². The highest BCUT2D eigenvalue weighted by atomic mass is 32.2. The fourth-order valence-corrected chi connectivity index (χ4v) is 3.81. The molecule has 0 radical (unpaired) electrons. The first kappa shape index (κ1) is 17.5. The zero-order valence-corrected chi connectivity index (χ0v) is 15.7. The second kappa shape index (κ2) is 7.79. The highest BCUT2D eigenvalue weighted by Crippen LogP contribution is 2.25. The van der Waals surface area contributed by atoms with E-state index in [1.54, 1.807) is 11.3 Å². The first-order valence-corrected chi connectivity index (χ1v) is 9.78. The van der Waals surface area contributed by atoms with Gasteiger partial charge in [-0.1, -0.05) is 42.1 Å². The highest BCUT2D eigenvalue weighted by molar-refractivity contribution is 7.99. The Balaban J connectivity index is 1.42. The van der Waals surface area contributed by atoms with Gasteiger partial charge in [0.2, 0.25) is 0 Å². The Morgan fingerprint density at radius 1 is 1.19 bits per heavy atom. The zero-order valence-electron chi connectivity index (χ0n) is 14.9. The van der Waals surface area contributed by atoms with Gasteiger partial charge in [-0.25, -0.2) is 5.01 Å². The molecule has 1 aliphatic rings. The van der Waals surface area contributed by atoms with Gasteiger partial charge in [-0.3, -0.25) is 9.36 Å². The van der Waals surface area contributed by atoms with Crippen molar-refractivity contribution in [3.8, 4) is 11.6 Å². The minimum Gasteiger partial charge on any atom is -0.461 e. The van der Waals surface area contributed by atoms with E-state index >= 15 is 0 Å². The summed E-state index contributed by atoms with van der Waals surface area (Å²) in [5.41, 5.74) is 2.01. The van der Waals surface area contributed by atoms with Gasteiger partial charge in [0.1, 0.15) is 0 Å². The van der Waals surface area contributed by atoms with Crippen molar-refractivity contribution in [1.29, 1.82) is 0 Å². The smallest absolute Gasteiger partial charge is 0.253 e. The molecule has 1 aliphatic heterocycles. The fourth-order valence-electron chi connectivity index (χ4n) is 2.94. The number of thioether (sulfide) groups is 1. The van der Waals surface area contributed by atoms with Gasteiger partial charge in [0.15, 0.2) is 16.7 Å². The molecule has 138 valence electrons. The lowest BCUT2D eigenvalue weighted by molar-refractivity contribution is -0.127. The zero-order chi connectivity index (χ0) is 18.6. The summed E-state index contributed by atoms with van der Waals surface area (Å²) in [5, 5.41) is 15.2. The predicted octanol–water partition coefficient (Wildman–Crippen LogP) is 3.29. The van der Waals surface area contributed by atoms with Gasteiger partial charge >= 0.3 is 0 Å². The maximum atomic E-state index is 12.6. The van der Waals surface area contributed by atoms with E-state index in [0.717, 1.165) is 17.7 Å². The van der Waals surface area contributed by atoms with Crippen LogP contribution in [0.4, 0.5) is 0 Å². The van der Waals surface area contributed by atoms with Crippen molar-refractivity contribution < 1.29 is 9.21 Å². The van der Waals surface area contributed by atoms with E-state index in [1.807, 2.05) is 54.0 Å². The number of hydrazone groups is 1. The lowest BCUT2D eigenvalue weighted by Crippen LogP contribution is -2.25. The number of rotatable bonds is 6. The number of carbonyl (C=O) groups is 1. The van der Waals surface area contributed by atoms with Crippen LogP contribution in [0.1, 0.15) is 18.9 Å². The van der Waals surface area contributed by atoms with E-state index in [0.29, 0.717) is 29.8 Å². The molecule has 1 amide bonds. The van der Waals surface area contributed by atoms with Crippen LogP contribution in [0.3, 0.4) is 0 Å². The molecule has 1 aromatic carbocycles. The van der Waals surface area contributed by atoms with E-state index in [-0.39, 0.29) is 11.7 Å². The monoisotopic (exact) mass is 381 g/mol. The van der Waals surface area contributed by atoms with Crippen LogP contribution in [0.2, 0.25) is 0 Å². The molecule has 8 heteroatoms. The van der Waals surface area contributed by atoms with Gasteiger partial charge in [0, 0.05) is 13.0 Å². The summed E-state index contributed by atoms with van der Waals surface area (Å²) in [6.45, 7) is 3.32. The van der Waals surface area contributed by atoms with Gasteiger partial charge in [-0.2, -0.15) is 5.10 Å². The van der Waals surface area contributed by atoms with E-state index in [4.69, 9.17) is 4.42 Å². The fraction of sp³-hybridized carbons (Fsp3) is 0.263. The molecule has 0 saturated carbocycles. The maximum absolute atomic E-state index is 12.6. The Hall–Kier alpha value is -2.87. The number of carbonyl (C=O) groups excluding carboxylic acids is 1. The summed E-state index contributed by atoms with van der Waals surface area (Å²) in [6.07, 6.45) is 2.38. The summed E-state index contributed by atoms with van der Waals surface area (Å²) < 4.78 is 7.35. The lowest BCUT2D eigenvalue weighted by atomic mass is 10.1. The van der Waals surface area contributed by atoms with Crippen molar-refractivity contribution in [3.63, 3.8) is 0 Å². The van der Waals surface area contributed by atoms with Gasteiger partial charge in [0.05, 0.1) is 24.3 Å². The van der Waals surface area contributed by atoms with Crippen LogP contribution in [-0.2, 0) is 11.3 Å². The normalized spacial score (nSPS) is 13.8. The van der Waals surface area contributed by atoms with E-state index in [1.165, 1.54) is 11.8 Å². The van der Waals surface area contributed by atoms with Crippen LogP contribution in [0.15, 0.2) is 63.4 Å². The molecular weight excluding hydrogens is 362 g/mol. The summed E-state index contributed by atoms with van der Waals surface area (Å²) >= 11 is 1.37. The third kappa shape index (κ3) is 3.66. The molecule has 4 rings (SSSR count). The molecule has 0 fully saturated rings. The Morgan fingerprint density at radius 3 is 2.78 bits per heavy atom. The first-order valence-electron chi connectivity index (χ1n) is 8.79. The number of hydrogen-bond donors (Lipinski definition) is 0. The van der Waals surface area contributed by atoms with Gasteiger partial charge in [-0.15, -0.1) is 10.2 Å². The largest absolute Gasteiger partial charge is 0.461 e. The highest BCUT2D eigenvalue weighted by Gasteiger charge is 2.23. The Bertz CT molecular complexity index is 950. The average Bonchev–Trinajstić information content (AvgIpc) is 3.46. The van der Waals surface area contributed by atoms with E-state index < -0.39 is 0 Å². The third-order valence-electron chi connectivity index (χ3n) is 4.30. The quantitative estimate of drug-likeness (QED) is 0.613. The van der Waals surface area contributed by atoms with Crippen LogP contribution < -0.4 is 0 Å². The molecule has 27 heavy (non-hydrogen) atoms. The third-order valence-corrected chi connectivity index (χ3v) is 5.25. The van der Waals surface area contributed by atoms with E-state index in [2.05, 4.69) is 15.3 Å². The molecule has 3 aromatic rings. The topological polar surface area (TPSA) is 76.5 Å². The minimum atomic E-state index is -0.0314. The SMILES string of the molecule is CCn1c(SCC(=O)N2CCC(c3ccccc3)=N2)nnc1-c1ccco1. The van der Waals surface area contributed by atoms with Crippen molar-refractivity contribution in [2.45, 2.75) is 25.0 Å². The van der Waals surface area contributed by atoms with Crippen molar-refractivity contribution in [1.82, 2.24) is 19.8 Å². The second-order valence-electron chi connectivity index (χ2n) is 6.00. The minimum absolute atomic E-state index is 0.0314. The molecule has 3 heterocycles. The average molecular weight is 381 g/mol. The Kier molecular flexibility index (Phi) is 5.06. The summed E-state index contributed by atoms with van der Waals surface area (Å²) in [6, 6.07) is 13.6. The van der Waals surface area contributed by atoms with E-state index in [9.17, 15) is 4.79 Å². The van der Waals surface area contributed by atoms with Crippen molar-refractivity contribution in [2.75, 3.05) is 12.3 Å². The number of aromatic nitrogens is 3. The first-order chi connectivity index (χ1) is 13.3. The molecule has 0 atom stereocenters. The maximum Gasteiger partial charge on any atom is 0.253 e. The van der Waals surface area contributed by atoms with Crippen LogP contribution >= 0.6 is 11.8 Å². The van der Waals surface area contributed by atoms with Crippen LogP contribution in [0, 0.1) is 0 Å². The van der Waals surface area contributed by atoms with Gasteiger partial charge < -0.3 is 4.42 Å². The summed E-state index contributed by atoms with van der Waals surface area (Å²) in [5.74, 6) is 1.57. The van der Waals surface area contributed by atoms with Gasteiger partial charge in [0.25, 0.3) is 5.91 Å². The summed E-state index contributed by atoms with van der Waals surface area (Å²) in [4.78, 5) is 12.6. The summed E-state index contributed by atoms with van der Waals surface area (Å²) in [7, 11) is 0. The number of nitrogens with zero attached hydrogens (tertiary/aromatic N) is 5. The van der Waals surface area contributed by atoms with Crippen molar-refractivity contribution >= 4 is 23.4 Å². The van der Waals surface area contributed by atoms with Crippen LogP contribution in [-0.4, -0.2) is 43.7 Å². The number of furan rings is 1. The van der Waals surface area contributed by atoms with Gasteiger partial charge in [-0.05, 0) is 24.6 Å². The molecule has 2 aromatic heterocycles. The molecule has 0 N–H and O–H groups in total. The van der Waals surface area contributed by atoms with Crippen molar-refractivity contribution in [2.24, 2.45) is 5.10 Å². The molecule has 0 spiro atoms. The Morgan fingerprint density at radius 2 is 2.04 bits per heavy atom. The molecule has 0 bridgehead atoms. The van der Waals surface area contributed by atoms with Crippen molar-refractivity contribution in [3.05, 3.63) is 54.3 Å². The molecule has 0 aliphatic carbocycles. The molecule has 0 saturated heterocycles. The molecule has 7 nitrogen and oxygen atoms in total. The Labute approximate surface area is 161 Å². The molecule has 0 unspecified atom stereocenters. The number of amides is 1.